The van der Waals surface area contributed by atoms with Gasteiger partial charge in [-0.25, -0.2) is 4.79 Å². The van der Waals surface area contributed by atoms with Crippen LogP contribution in [0, 0.1) is 5.92 Å². The molecule has 5 heteroatoms. The molecule has 1 aliphatic heterocycles. The lowest BCUT2D eigenvalue weighted by atomic mass is 9.98. The van der Waals surface area contributed by atoms with E-state index in [0.29, 0.717) is 19.5 Å². The molecule has 1 N–H and O–H groups in total. The smallest absolute Gasteiger partial charge is 0.320 e. The van der Waals surface area contributed by atoms with Gasteiger partial charge in [-0.3, -0.25) is 4.79 Å². The van der Waals surface area contributed by atoms with E-state index >= 15 is 0 Å². The van der Waals surface area contributed by atoms with Crippen LogP contribution in [0.5, 0.6) is 0 Å². The van der Waals surface area contributed by atoms with Gasteiger partial charge >= 0.3 is 12.0 Å². The minimum absolute atomic E-state index is 0.00431. The largest absolute Gasteiger partial charge is 0.481 e. The summed E-state index contributed by atoms with van der Waals surface area (Å²) >= 11 is 0. The maximum Gasteiger partial charge on any atom is 0.320 e. The summed E-state index contributed by atoms with van der Waals surface area (Å²) in [5, 5.41) is 9.03. The van der Waals surface area contributed by atoms with Gasteiger partial charge in [0.25, 0.3) is 0 Å². The maximum atomic E-state index is 12.3. The fourth-order valence-electron chi connectivity index (χ4n) is 2.40. The molecule has 0 aliphatic carbocycles. The summed E-state index contributed by atoms with van der Waals surface area (Å²) in [5.41, 5.74) is 0. The Balaban J connectivity index is 2.60. The number of hydrogen-bond acceptors (Lipinski definition) is 2. The summed E-state index contributed by atoms with van der Waals surface area (Å²) in [6.45, 7) is 6.64. The highest BCUT2D eigenvalue weighted by atomic mass is 16.4. The molecule has 0 saturated carbocycles. The van der Waals surface area contributed by atoms with Crippen molar-refractivity contribution in [3.63, 3.8) is 0 Å². The third kappa shape index (κ3) is 3.89. The van der Waals surface area contributed by atoms with Crippen LogP contribution in [-0.2, 0) is 4.79 Å². The molecule has 0 radical (unpaired) electrons. The van der Waals surface area contributed by atoms with E-state index < -0.39 is 11.9 Å². The average Bonchev–Trinajstić information content (AvgIpc) is 2.38. The Morgan fingerprint density at radius 3 is 2.39 bits per heavy atom. The van der Waals surface area contributed by atoms with E-state index in [0.717, 1.165) is 32.4 Å². The highest BCUT2D eigenvalue weighted by Gasteiger charge is 2.29. The molecule has 1 rings (SSSR count). The fraction of sp³-hybridized carbons (Fsp3) is 0.846. The van der Waals surface area contributed by atoms with Crippen LogP contribution in [0.15, 0.2) is 0 Å². The molecule has 1 heterocycles. The third-order valence-corrected chi connectivity index (χ3v) is 3.30. The molecular weight excluding hydrogens is 232 g/mol. The Morgan fingerprint density at radius 2 is 1.89 bits per heavy atom. The van der Waals surface area contributed by atoms with Crippen LogP contribution in [0.2, 0.25) is 0 Å². The molecule has 1 saturated heterocycles. The number of piperidine rings is 1. The summed E-state index contributed by atoms with van der Waals surface area (Å²) < 4.78 is 0. The van der Waals surface area contributed by atoms with Crippen molar-refractivity contribution in [1.29, 1.82) is 0 Å². The van der Waals surface area contributed by atoms with Crippen molar-refractivity contribution >= 4 is 12.0 Å². The molecule has 1 fully saturated rings. The number of hydrogen-bond donors (Lipinski definition) is 1. The zero-order chi connectivity index (χ0) is 13.5. The van der Waals surface area contributed by atoms with Crippen molar-refractivity contribution < 1.29 is 14.7 Å². The van der Waals surface area contributed by atoms with Crippen LogP contribution in [0.3, 0.4) is 0 Å². The molecule has 104 valence electrons. The van der Waals surface area contributed by atoms with Crippen molar-refractivity contribution in [3.05, 3.63) is 0 Å². The van der Waals surface area contributed by atoms with Gasteiger partial charge in [0.05, 0.1) is 5.92 Å². The second-order valence-corrected chi connectivity index (χ2v) is 4.89. The second-order valence-electron chi connectivity index (χ2n) is 4.89. The summed E-state index contributed by atoms with van der Waals surface area (Å²) in [6, 6.07) is 0.00431. The molecule has 5 nitrogen and oxygen atoms in total. The maximum absolute atomic E-state index is 12.3. The molecule has 0 aromatic heterocycles. The van der Waals surface area contributed by atoms with Crippen molar-refractivity contribution in [2.24, 2.45) is 5.92 Å². The van der Waals surface area contributed by atoms with Gasteiger partial charge in [-0.1, -0.05) is 13.8 Å². The first-order chi connectivity index (χ1) is 8.60. The van der Waals surface area contributed by atoms with E-state index in [1.807, 2.05) is 18.7 Å². The lowest BCUT2D eigenvalue weighted by Gasteiger charge is -2.35. The molecule has 2 amide bonds. The van der Waals surface area contributed by atoms with E-state index in [-0.39, 0.29) is 6.03 Å². The number of amides is 2. The Labute approximate surface area is 109 Å². The first-order valence-corrected chi connectivity index (χ1v) is 6.86. The molecule has 0 unspecified atom stereocenters. The van der Waals surface area contributed by atoms with E-state index in [9.17, 15) is 9.59 Å². The van der Waals surface area contributed by atoms with Gasteiger partial charge < -0.3 is 14.9 Å². The topological polar surface area (TPSA) is 60.9 Å². The van der Waals surface area contributed by atoms with Crippen LogP contribution in [-0.4, -0.2) is 53.1 Å². The predicted octanol–water partition coefficient (Wildman–Crippen LogP) is 2.03. The minimum atomic E-state index is -0.787. The number of rotatable bonds is 5. The number of carboxylic acids is 1. The Kier molecular flexibility index (Phi) is 5.95. The number of nitrogens with zero attached hydrogens (tertiary/aromatic N) is 2. The Bertz CT molecular complexity index is 288. The van der Waals surface area contributed by atoms with Gasteiger partial charge in [-0.15, -0.1) is 0 Å². The van der Waals surface area contributed by atoms with Crippen LogP contribution in [0.25, 0.3) is 0 Å². The number of aliphatic carboxylic acids is 1. The average molecular weight is 256 g/mol. The molecule has 18 heavy (non-hydrogen) atoms. The number of urea groups is 1. The van der Waals surface area contributed by atoms with Gasteiger partial charge in [-0.05, 0) is 25.7 Å². The molecule has 1 aliphatic rings. The standard InChI is InChI=1S/C13H24N2O3/c1-3-7-14(8-4-2)13(18)15-9-5-6-11(10-15)12(16)17/h11H,3-10H2,1-2H3,(H,16,17)/t11-/m0/s1. The fourth-order valence-corrected chi connectivity index (χ4v) is 2.40. The summed E-state index contributed by atoms with van der Waals surface area (Å²) in [6.07, 6.45) is 3.33. The number of likely N-dealkylation sites (tertiary alicyclic amines) is 1. The molecule has 0 spiro atoms. The SMILES string of the molecule is CCCN(CCC)C(=O)N1CCC[C@H](C(=O)O)C1. The zero-order valence-corrected chi connectivity index (χ0v) is 11.4. The first kappa shape index (κ1) is 14.8. The highest BCUT2D eigenvalue weighted by Crippen LogP contribution is 2.18. The Hall–Kier alpha value is -1.26. The van der Waals surface area contributed by atoms with E-state index in [2.05, 4.69) is 0 Å². The van der Waals surface area contributed by atoms with Gasteiger partial charge in [-0.2, -0.15) is 0 Å². The number of carbonyl (C=O) groups is 2. The predicted molar refractivity (Wildman–Crippen MR) is 69.5 cm³/mol. The van der Waals surface area contributed by atoms with Crippen molar-refractivity contribution in [2.45, 2.75) is 39.5 Å². The molecule has 1 atom stereocenters. The van der Waals surface area contributed by atoms with Crippen molar-refractivity contribution in [3.8, 4) is 0 Å². The lowest BCUT2D eigenvalue weighted by molar-refractivity contribution is -0.143. The number of carboxylic acid groups (broad SMARTS) is 1. The van der Waals surface area contributed by atoms with Crippen molar-refractivity contribution in [1.82, 2.24) is 9.80 Å². The third-order valence-electron chi connectivity index (χ3n) is 3.30. The molecule has 0 aromatic rings. The molecular formula is C13H24N2O3. The van der Waals surface area contributed by atoms with E-state index in [4.69, 9.17) is 5.11 Å². The van der Waals surface area contributed by atoms with Crippen LogP contribution in [0.4, 0.5) is 4.79 Å². The second kappa shape index (κ2) is 7.24. The van der Waals surface area contributed by atoms with Crippen LogP contribution >= 0.6 is 0 Å². The van der Waals surface area contributed by atoms with Crippen molar-refractivity contribution in [2.75, 3.05) is 26.2 Å². The van der Waals surface area contributed by atoms with Crippen LogP contribution in [0.1, 0.15) is 39.5 Å². The summed E-state index contributed by atoms with van der Waals surface area (Å²) in [5.74, 6) is -1.18. The number of carbonyl (C=O) groups excluding carboxylic acids is 1. The quantitative estimate of drug-likeness (QED) is 0.818. The van der Waals surface area contributed by atoms with E-state index in [1.54, 1.807) is 4.90 Å². The first-order valence-electron chi connectivity index (χ1n) is 6.86. The molecule has 0 bridgehead atoms. The summed E-state index contributed by atoms with van der Waals surface area (Å²) in [7, 11) is 0. The van der Waals surface area contributed by atoms with Gasteiger partial charge in [0.15, 0.2) is 0 Å². The van der Waals surface area contributed by atoms with Crippen LogP contribution < -0.4 is 0 Å². The van der Waals surface area contributed by atoms with Gasteiger partial charge in [0.2, 0.25) is 0 Å². The minimum Gasteiger partial charge on any atom is -0.481 e. The lowest BCUT2D eigenvalue weighted by Crippen LogP contribution is -2.49. The molecule has 0 aromatic carbocycles. The van der Waals surface area contributed by atoms with Gasteiger partial charge in [0.1, 0.15) is 0 Å². The normalized spacial score (nSPS) is 19.7. The van der Waals surface area contributed by atoms with E-state index in [1.165, 1.54) is 0 Å². The Morgan fingerprint density at radius 1 is 1.28 bits per heavy atom. The highest BCUT2D eigenvalue weighted by molar-refractivity contribution is 5.76. The zero-order valence-electron chi connectivity index (χ0n) is 11.4. The monoisotopic (exact) mass is 256 g/mol. The van der Waals surface area contributed by atoms with Gasteiger partial charge in [0, 0.05) is 26.2 Å². The summed E-state index contributed by atoms with van der Waals surface area (Å²) in [4.78, 5) is 26.8.